The third-order valence-electron chi connectivity index (χ3n) is 3.46. The molecule has 0 radical (unpaired) electrons. The van der Waals surface area contributed by atoms with Crippen LogP contribution in [0.1, 0.15) is 24.5 Å². The summed E-state index contributed by atoms with van der Waals surface area (Å²) in [5, 5.41) is 8.82. The minimum Gasteiger partial charge on any atom is -0.385 e. The average molecular weight is 325 g/mol. The predicted octanol–water partition coefficient (Wildman–Crippen LogP) is 3.07. The van der Waals surface area contributed by atoms with Gasteiger partial charge in [-0.1, -0.05) is 29.8 Å². The first kappa shape index (κ1) is 17.5. The Kier molecular flexibility index (Phi) is 6.37. The molecule has 0 unspecified atom stereocenters. The molecule has 0 saturated carbocycles. The summed E-state index contributed by atoms with van der Waals surface area (Å²) in [6.07, 6.45) is 0.402. The van der Waals surface area contributed by atoms with E-state index in [9.17, 15) is 9.59 Å². The normalized spacial score (nSPS) is 10.1. The first-order valence-corrected chi connectivity index (χ1v) is 7.97. The molecule has 0 heterocycles. The third kappa shape index (κ3) is 6.12. The summed E-state index contributed by atoms with van der Waals surface area (Å²) in [4.78, 5) is 22.8. The van der Waals surface area contributed by atoms with Crippen molar-refractivity contribution in [1.82, 2.24) is 5.32 Å². The van der Waals surface area contributed by atoms with Crippen LogP contribution in [0.15, 0.2) is 48.5 Å². The van der Waals surface area contributed by atoms with E-state index in [-0.39, 0.29) is 11.8 Å². The summed E-state index contributed by atoms with van der Waals surface area (Å²) in [5.74, 6) is -0.0835. The fourth-order valence-corrected chi connectivity index (χ4v) is 2.31. The van der Waals surface area contributed by atoms with Crippen molar-refractivity contribution in [2.75, 3.05) is 17.2 Å². The van der Waals surface area contributed by atoms with E-state index in [0.29, 0.717) is 19.5 Å². The highest BCUT2D eigenvalue weighted by Crippen LogP contribution is 2.13. The molecule has 126 valence electrons. The topological polar surface area (TPSA) is 70.2 Å². The minimum atomic E-state index is -0.0963. The fourth-order valence-electron chi connectivity index (χ4n) is 2.31. The summed E-state index contributed by atoms with van der Waals surface area (Å²) in [5.41, 5.74) is 3.95. The Labute approximate surface area is 142 Å². The van der Waals surface area contributed by atoms with Crippen molar-refractivity contribution in [2.45, 2.75) is 26.8 Å². The summed E-state index contributed by atoms with van der Waals surface area (Å²) in [7, 11) is 0. The zero-order valence-electron chi connectivity index (χ0n) is 14.1. The van der Waals surface area contributed by atoms with Gasteiger partial charge in [-0.2, -0.15) is 0 Å². The van der Waals surface area contributed by atoms with E-state index in [4.69, 9.17) is 0 Å². The van der Waals surface area contributed by atoms with Gasteiger partial charge in [0.15, 0.2) is 0 Å². The van der Waals surface area contributed by atoms with Crippen LogP contribution in [-0.4, -0.2) is 18.4 Å². The van der Waals surface area contributed by atoms with Crippen molar-refractivity contribution >= 4 is 23.2 Å². The molecule has 3 N–H and O–H groups in total. The number of carbonyl (C=O) groups excluding carboxylic acids is 2. The van der Waals surface area contributed by atoms with Crippen molar-refractivity contribution in [3.8, 4) is 0 Å². The molecule has 5 nitrogen and oxygen atoms in total. The number of benzene rings is 2. The molecule has 0 atom stereocenters. The van der Waals surface area contributed by atoms with Crippen molar-refractivity contribution in [3.63, 3.8) is 0 Å². The number of amides is 2. The lowest BCUT2D eigenvalue weighted by molar-refractivity contribution is -0.121. The summed E-state index contributed by atoms with van der Waals surface area (Å²) < 4.78 is 0. The number of carbonyl (C=O) groups is 2. The van der Waals surface area contributed by atoms with Crippen LogP contribution in [0.3, 0.4) is 0 Å². The van der Waals surface area contributed by atoms with Gasteiger partial charge in [0.05, 0.1) is 0 Å². The van der Waals surface area contributed by atoms with Crippen LogP contribution >= 0.6 is 0 Å². The van der Waals surface area contributed by atoms with Crippen molar-refractivity contribution in [1.29, 1.82) is 0 Å². The maximum atomic E-state index is 11.9. The molecule has 2 amide bonds. The van der Waals surface area contributed by atoms with Gasteiger partial charge in [-0.15, -0.1) is 0 Å². The number of rotatable bonds is 7. The maximum absolute atomic E-state index is 11.9. The van der Waals surface area contributed by atoms with E-state index >= 15 is 0 Å². The minimum absolute atomic E-state index is 0.0128. The van der Waals surface area contributed by atoms with Crippen LogP contribution in [-0.2, 0) is 16.1 Å². The van der Waals surface area contributed by atoms with Gasteiger partial charge in [0, 0.05) is 37.8 Å². The summed E-state index contributed by atoms with van der Waals surface area (Å²) in [6.45, 7) is 4.61. The van der Waals surface area contributed by atoms with E-state index in [0.717, 1.165) is 16.9 Å². The second-order valence-electron chi connectivity index (χ2n) is 5.70. The number of aryl methyl sites for hydroxylation is 1. The maximum Gasteiger partial charge on any atom is 0.222 e. The molecule has 0 aliphatic carbocycles. The van der Waals surface area contributed by atoms with Gasteiger partial charge in [-0.05, 0) is 36.8 Å². The zero-order chi connectivity index (χ0) is 17.4. The molecule has 5 heteroatoms. The molecule has 0 fully saturated rings. The number of anilines is 2. The monoisotopic (exact) mass is 325 g/mol. The van der Waals surface area contributed by atoms with Crippen LogP contribution in [0.5, 0.6) is 0 Å². The summed E-state index contributed by atoms with van der Waals surface area (Å²) >= 11 is 0. The molecule has 0 spiro atoms. The molecule has 24 heavy (non-hydrogen) atoms. The van der Waals surface area contributed by atoms with E-state index in [1.54, 1.807) is 0 Å². The lowest BCUT2D eigenvalue weighted by Crippen LogP contribution is -2.24. The third-order valence-corrected chi connectivity index (χ3v) is 3.46. The molecule has 2 aromatic rings. The first-order chi connectivity index (χ1) is 11.5. The van der Waals surface area contributed by atoms with Gasteiger partial charge in [-0.25, -0.2) is 0 Å². The Balaban J connectivity index is 1.69. The number of nitrogens with one attached hydrogen (secondary N) is 3. The van der Waals surface area contributed by atoms with Crippen LogP contribution in [0, 0.1) is 6.92 Å². The summed E-state index contributed by atoms with van der Waals surface area (Å²) in [6, 6.07) is 15.5. The van der Waals surface area contributed by atoms with Crippen molar-refractivity contribution in [2.24, 2.45) is 0 Å². The van der Waals surface area contributed by atoms with E-state index in [1.165, 1.54) is 12.5 Å². The standard InChI is InChI=1S/C19H23N3O2/c1-14-4-3-5-16(12-14)13-21-19(24)10-11-20-17-6-8-18(9-7-17)22-15(2)23/h3-9,12,20H,10-11,13H2,1-2H3,(H,21,24)(H,22,23). The van der Waals surface area contributed by atoms with Gasteiger partial charge in [0.2, 0.25) is 11.8 Å². The lowest BCUT2D eigenvalue weighted by atomic mass is 10.1. The molecular formula is C19H23N3O2. The Morgan fingerprint density at radius 1 is 1.00 bits per heavy atom. The van der Waals surface area contributed by atoms with Crippen LogP contribution in [0.2, 0.25) is 0 Å². The smallest absolute Gasteiger partial charge is 0.222 e. The molecule has 2 aromatic carbocycles. The van der Waals surface area contributed by atoms with Gasteiger partial charge in [0.25, 0.3) is 0 Å². The molecule has 0 aliphatic heterocycles. The highest BCUT2D eigenvalue weighted by molar-refractivity contribution is 5.88. The fraction of sp³-hybridized carbons (Fsp3) is 0.263. The molecule has 0 bridgehead atoms. The molecular weight excluding hydrogens is 302 g/mol. The van der Waals surface area contributed by atoms with Gasteiger partial charge >= 0.3 is 0 Å². The quantitative estimate of drug-likeness (QED) is 0.733. The van der Waals surface area contributed by atoms with Crippen LogP contribution in [0.4, 0.5) is 11.4 Å². The molecule has 2 rings (SSSR count). The largest absolute Gasteiger partial charge is 0.385 e. The van der Waals surface area contributed by atoms with Gasteiger partial charge < -0.3 is 16.0 Å². The predicted molar refractivity (Wildman–Crippen MR) is 96.9 cm³/mol. The van der Waals surface area contributed by atoms with E-state index < -0.39 is 0 Å². The zero-order valence-corrected chi connectivity index (χ0v) is 14.1. The van der Waals surface area contributed by atoms with Crippen molar-refractivity contribution in [3.05, 3.63) is 59.7 Å². The molecule has 0 aliphatic rings. The van der Waals surface area contributed by atoms with Gasteiger partial charge in [0.1, 0.15) is 0 Å². The second-order valence-corrected chi connectivity index (χ2v) is 5.70. The number of hydrogen-bond donors (Lipinski definition) is 3. The highest BCUT2D eigenvalue weighted by Gasteiger charge is 2.02. The Morgan fingerprint density at radius 3 is 2.38 bits per heavy atom. The van der Waals surface area contributed by atoms with E-state index in [1.807, 2.05) is 49.4 Å². The Bertz CT molecular complexity index is 696. The highest BCUT2D eigenvalue weighted by atomic mass is 16.2. The first-order valence-electron chi connectivity index (χ1n) is 7.97. The van der Waals surface area contributed by atoms with Gasteiger partial charge in [-0.3, -0.25) is 9.59 Å². The SMILES string of the molecule is CC(=O)Nc1ccc(NCCC(=O)NCc2cccc(C)c2)cc1. The van der Waals surface area contributed by atoms with Crippen molar-refractivity contribution < 1.29 is 9.59 Å². The van der Waals surface area contributed by atoms with E-state index in [2.05, 4.69) is 22.0 Å². The number of hydrogen-bond acceptors (Lipinski definition) is 3. The Morgan fingerprint density at radius 2 is 1.71 bits per heavy atom. The molecule has 0 aromatic heterocycles. The second kappa shape index (κ2) is 8.72. The molecule has 0 saturated heterocycles. The van der Waals surface area contributed by atoms with Crippen LogP contribution in [0.25, 0.3) is 0 Å². The lowest BCUT2D eigenvalue weighted by Gasteiger charge is -2.09. The van der Waals surface area contributed by atoms with Crippen LogP contribution < -0.4 is 16.0 Å². The Hall–Kier alpha value is -2.82. The average Bonchev–Trinajstić information content (AvgIpc) is 2.54.